The zero-order valence-corrected chi connectivity index (χ0v) is 15.8. The SMILES string of the molecule is C[C@@H](NC(=O)COC(=O)CCC(=O)c1ccc(F)cc1)c1ccc2c(c1)OCO2. The summed E-state index contributed by atoms with van der Waals surface area (Å²) in [6.45, 7) is 1.51. The average molecular weight is 401 g/mol. The monoisotopic (exact) mass is 401 g/mol. The normalized spacial score (nSPS) is 12.9. The number of ether oxygens (including phenoxy) is 3. The van der Waals surface area contributed by atoms with E-state index < -0.39 is 24.3 Å². The van der Waals surface area contributed by atoms with E-state index in [1.807, 2.05) is 6.07 Å². The number of rotatable bonds is 8. The van der Waals surface area contributed by atoms with Crippen molar-refractivity contribution in [2.45, 2.75) is 25.8 Å². The zero-order valence-electron chi connectivity index (χ0n) is 15.8. The summed E-state index contributed by atoms with van der Waals surface area (Å²) < 4.78 is 28.3. The Morgan fingerprint density at radius 2 is 1.79 bits per heavy atom. The molecule has 0 unspecified atom stereocenters. The molecule has 0 fully saturated rings. The summed E-state index contributed by atoms with van der Waals surface area (Å²) in [5, 5.41) is 2.72. The van der Waals surface area contributed by atoms with Gasteiger partial charge in [0.2, 0.25) is 6.79 Å². The molecule has 1 heterocycles. The first-order valence-electron chi connectivity index (χ1n) is 9.05. The lowest BCUT2D eigenvalue weighted by Gasteiger charge is -2.15. The van der Waals surface area contributed by atoms with Gasteiger partial charge in [0.15, 0.2) is 23.9 Å². The summed E-state index contributed by atoms with van der Waals surface area (Å²) in [6.07, 6.45) is -0.249. The van der Waals surface area contributed by atoms with Crippen molar-refractivity contribution in [2.75, 3.05) is 13.4 Å². The Bertz CT molecular complexity index is 912. The van der Waals surface area contributed by atoms with Crippen LogP contribution in [0.4, 0.5) is 4.39 Å². The van der Waals surface area contributed by atoms with Crippen LogP contribution in [0.1, 0.15) is 41.7 Å². The van der Waals surface area contributed by atoms with E-state index in [1.165, 1.54) is 24.3 Å². The van der Waals surface area contributed by atoms with Gasteiger partial charge in [0.05, 0.1) is 12.5 Å². The van der Waals surface area contributed by atoms with Crippen LogP contribution in [0.15, 0.2) is 42.5 Å². The second-order valence-electron chi connectivity index (χ2n) is 6.49. The Hall–Kier alpha value is -3.42. The van der Waals surface area contributed by atoms with E-state index in [0.29, 0.717) is 17.1 Å². The van der Waals surface area contributed by atoms with E-state index in [4.69, 9.17) is 14.2 Å². The van der Waals surface area contributed by atoms with Crippen LogP contribution in [0, 0.1) is 5.82 Å². The van der Waals surface area contributed by atoms with Crippen LogP contribution in [-0.4, -0.2) is 31.1 Å². The van der Waals surface area contributed by atoms with Gasteiger partial charge in [-0.15, -0.1) is 0 Å². The predicted molar refractivity (Wildman–Crippen MR) is 100 cm³/mol. The van der Waals surface area contributed by atoms with Gasteiger partial charge in [0.1, 0.15) is 5.82 Å². The molecule has 1 atom stereocenters. The molecule has 7 nitrogen and oxygen atoms in total. The standard InChI is InChI=1S/C21H20FNO6/c1-13(15-4-8-18-19(10-15)29-12-28-18)23-20(25)11-27-21(26)9-7-17(24)14-2-5-16(22)6-3-14/h2-6,8,10,13H,7,9,11-12H2,1H3,(H,23,25)/t13-/m1/s1. The molecule has 2 aromatic carbocycles. The first-order valence-corrected chi connectivity index (χ1v) is 9.05. The van der Waals surface area contributed by atoms with Gasteiger partial charge in [-0.2, -0.15) is 0 Å². The second kappa shape index (κ2) is 9.18. The Morgan fingerprint density at radius 1 is 1.07 bits per heavy atom. The third-order valence-corrected chi connectivity index (χ3v) is 4.36. The molecule has 0 spiro atoms. The molecule has 152 valence electrons. The number of esters is 1. The Kier molecular flexibility index (Phi) is 6.43. The van der Waals surface area contributed by atoms with E-state index in [9.17, 15) is 18.8 Å². The fraction of sp³-hybridized carbons (Fsp3) is 0.286. The number of ketones is 1. The quantitative estimate of drug-likeness (QED) is 0.540. The molecule has 0 bridgehead atoms. The van der Waals surface area contributed by atoms with Crippen LogP contribution in [0.2, 0.25) is 0 Å². The van der Waals surface area contributed by atoms with E-state index in [2.05, 4.69) is 5.32 Å². The van der Waals surface area contributed by atoms with Crippen LogP contribution in [0.25, 0.3) is 0 Å². The van der Waals surface area contributed by atoms with Crippen molar-refractivity contribution < 1.29 is 33.0 Å². The molecular formula is C21H20FNO6. The molecule has 1 N–H and O–H groups in total. The maximum atomic E-state index is 12.9. The number of benzene rings is 2. The van der Waals surface area contributed by atoms with Crippen molar-refractivity contribution in [3.05, 3.63) is 59.4 Å². The lowest BCUT2D eigenvalue weighted by Crippen LogP contribution is -2.31. The minimum Gasteiger partial charge on any atom is -0.456 e. The van der Waals surface area contributed by atoms with Crippen molar-refractivity contribution >= 4 is 17.7 Å². The first-order chi connectivity index (χ1) is 13.9. The number of nitrogens with one attached hydrogen (secondary N) is 1. The number of amides is 1. The molecule has 3 rings (SSSR count). The number of hydrogen-bond donors (Lipinski definition) is 1. The highest BCUT2D eigenvalue weighted by Crippen LogP contribution is 2.34. The fourth-order valence-corrected chi connectivity index (χ4v) is 2.76. The molecule has 2 aromatic rings. The van der Waals surface area contributed by atoms with Gasteiger partial charge < -0.3 is 19.5 Å². The summed E-state index contributed by atoms with van der Waals surface area (Å²) in [4.78, 5) is 35.7. The van der Waals surface area contributed by atoms with E-state index in [-0.39, 0.29) is 31.5 Å². The molecule has 29 heavy (non-hydrogen) atoms. The highest BCUT2D eigenvalue weighted by Gasteiger charge is 2.18. The molecule has 1 amide bonds. The summed E-state index contributed by atoms with van der Waals surface area (Å²) in [5.74, 6) is -0.609. The minimum absolute atomic E-state index is 0.0836. The fourth-order valence-electron chi connectivity index (χ4n) is 2.76. The molecule has 1 aliphatic heterocycles. The van der Waals surface area contributed by atoms with Crippen molar-refractivity contribution in [3.63, 3.8) is 0 Å². The molecule has 0 radical (unpaired) electrons. The van der Waals surface area contributed by atoms with Gasteiger partial charge in [-0.1, -0.05) is 6.07 Å². The smallest absolute Gasteiger partial charge is 0.306 e. The predicted octanol–water partition coefficient (Wildman–Crippen LogP) is 2.94. The number of carbonyl (C=O) groups is 3. The van der Waals surface area contributed by atoms with Gasteiger partial charge >= 0.3 is 5.97 Å². The number of hydrogen-bond acceptors (Lipinski definition) is 6. The van der Waals surface area contributed by atoms with Crippen molar-refractivity contribution in [3.8, 4) is 11.5 Å². The average Bonchev–Trinajstić information content (AvgIpc) is 3.18. The number of fused-ring (bicyclic) bond motifs is 1. The molecule has 1 aliphatic rings. The number of carbonyl (C=O) groups excluding carboxylic acids is 3. The zero-order chi connectivity index (χ0) is 20.8. The Balaban J connectivity index is 1.40. The second-order valence-corrected chi connectivity index (χ2v) is 6.49. The van der Waals surface area contributed by atoms with Crippen LogP contribution >= 0.6 is 0 Å². The highest BCUT2D eigenvalue weighted by atomic mass is 19.1. The summed E-state index contributed by atoms with van der Waals surface area (Å²) in [5.41, 5.74) is 1.13. The van der Waals surface area contributed by atoms with Crippen LogP contribution in [0.3, 0.4) is 0 Å². The minimum atomic E-state index is -0.661. The molecule has 0 aromatic heterocycles. The third-order valence-electron chi connectivity index (χ3n) is 4.36. The van der Waals surface area contributed by atoms with Crippen molar-refractivity contribution in [1.29, 1.82) is 0 Å². The van der Waals surface area contributed by atoms with E-state index >= 15 is 0 Å². The van der Waals surface area contributed by atoms with Crippen LogP contribution < -0.4 is 14.8 Å². The lowest BCUT2D eigenvalue weighted by atomic mass is 10.1. The van der Waals surface area contributed by atoms with Gasteiger partial charge in [-0.25, -0.2) is 4.39 Å². The van der Waals surface area contributed by atoms with Crippen molar-refractivity contribution in [1.82, 2.24) is 5.32 Å². The van der Waals surface area contributed by atoms with Gasteiger partial charge in [0, 0.05) is 12.0 Å². The van der Waals surface area contributed by atoms with E-state index in [1.54, 1.807) is 19.1 Å². The van der Waals surface area contributed by atoms with E-state index in [0.717, 1.165) is 5.56 Å². The van der Waals surface area contributed by atoms with Crippen LogP contribution in [-0.2, 0) is 14.3 Å². The molecule has 0 saturated heterocycles. The summed E-state index contributed by atoms with van der Waals surface area (Å²) in [6, 6.07) is 10.1. The largest absolute Gasteiger partial charge is 0.456 e. The highest BCUT2D eigenvalue weighted by molar-refractivity contribution is 5.97. The number of halogens is 1. The van der Waals surface area contributed by atoms with Gasteiger partial charge in [-0.3, -0.25) is 14.4 Å². The third kappa shape index (κ3) is 5.54. The van der Waals surface area contributed by atoms with Gasteiger partial charge in [0.25, 0.3) is 5.91 Å². The Morgan fingerprint density at radius 3 is 2.55 bits per heavy atom. The Labute approximate surface area is 166 Å². The summed E-state index contributed by atoms with van der Waals surface area (Å²) in [7, 11) is 0. The maximum Gasteiger partial charge on any atom is 0.306 e. The number of Topliss-reactive ketones (excluding diaryl/α,β-unsaturated/α-hetero) is 1. The lowest BCUT2D eigenvalue weighted by molar-refractivity contribution is -0.148. The van der Waals surface area contributed by atoms with Crippen molar-refractivity contribution in [2.24, 2.45) is 0 Å². The molecule has 0 aliphatic carbocycles. The molecular weight excluding hydrogens is 381 g/mol. The maximum absolute atomic E-state index is 12.9. The molecule has 0 saturated carbocycles. The van der Waals surface area contributed by atoms with Gasteiger partial charge in [-0.05, 0) is 48.9 Å². The molecule has 8 heteroatoms. The summed E-state index contributed by atoms with van der Waals surface area (Å²) >= 11 is 0. The topological polar surface area (TPSA) is 90.9 Å². The van der Waals surface area contributed by atoms with Crippen LogP contribution in [0.5, 0.6) is 11.5 Å². The first kappa shape index (κ1) is 20.3.